The van der Waals surface area contributed by atoms with Gasteiger partial charge in [0, 0.05) is 34.0 Å². The number of fused-ring (bicyclic) bond motifs is 8. The minimum absolute atomic E-state index is 0. The number of carboxylic acid groups (broad SMARTS) is 2. The van der Waals surface area contributed by atoms with E-state index < -0.39 is 11.9 Å². The monoisotopic (exact) mass is 663 g/mol. The first kappa shape index (κ1) is 35.6. The fraction of sp³-hybridized carbons (Fsp3) is 0.371. The van der Waals surface area contributed by atoms with Gasteiger partial charge in [0.15, 0.2) is 0 Å². The molecule has 8 bridgehead atoms. The average Bonchev–Trinajstić information content (AvgIpc) is 3.64. The van der Waals surface area contributed by atoms with Gasteiger partial charge in [-0.2, -0.15) is 7.05 Å². The van der Waals surface area contributed by atoms with Crippen molar-refractivity contribution in [2.45, 2.75) is 80.1 Å². The van der Waals surface area contributed by atoms with Gasteiger partial charge in [-0.1, -0.05) is 13.8 Å². The number of carbonyl (C=O) groups excluding carboxylic acids is 2. The number of allylic oxidation sites excluding steroid dienone is 4. The van der Waals surface area contributed by atoms with Gasteiger partial charge < -0.3 is 35.5 Å². The van der Waals surface area contributed by atoms with Crippen LogP contribution in [0.3, 0.4) is 0 Å². The maximum Gasteiger partial charge on any atom is 3.00 e. The summed E-state index contributed by atoms with van der Waals surface area (Å²) in [6, 6.07) is 8.09. The van der Waals surface area contributed by atoms with Crippen molar-refractivity contribution in [2.75, 3.05) is 7.05 Å². The number of rotatable bonds is 8. The smallest absolute Gasteiger partial charge is 0.680 e. The maximum absolute atomic E-state index is 11.4. The second-order valence-electron chi connectivity index (χ2n) is 11.1. The Morgan fingerprint density at radius 2 is 1.07 bits per heavy atom. The van der Waals surface area contributed by atoms with E-state index in [1.165, 1.54) is 12.6 Å². The van der Waals surface area contributed by atoms with Gasteiger partial charge in [0.1, 0.15) is 0 Å². The van der Waals surface area contributed by atoms with E-state index in [4.69, 9.17) is 15.7 Å². The zero-order valence-electron chi connectivity index (χ0n) is 27.2. The summed E-state index contributed by atoms with van der Waals surface area (Å²) >= 11 is 0. The molecule has 0 aliphatic carbocycles. The molecule has 5 rings (SSSR count). The molecule has 0 saturated heterocycles. The summed E-state index contributed by atoms with van der Waals surface area (Å²) in [6.07, 6.45) is 1.98. The minimum atomic E-state index is -1.12. The first-order valence-corrected chi connectivity index (χ1v) is 15.1. The SMILES string of the molecule is CCC1=C(C)c2cc3[nH]c(cc4nc(cc5[nH]c(cc1n2)c(C)c5CCC(=O)[O-])C(CCC(=O)[O-])=C4C)c(C)c3CC.C[NH-].[Ga+3]. The van der Waals surface area contributed by atoms with Crippen molar-refractivity contribution in [3.05, 3.63) is 75.0 Å². The number of carbonyl (C=O) groups is 2. The molecule has 0 spiro atoms. The average molecular weight is 664 g/mol. The Kier molecular flexibility index (Phi) is 11.8. The molecule has 0 fully saturated rings. The van der Waals surface area contributed by atoms with Crippen molar-refractivity contribution in [3.8, 4) is 0 Å². The van der Waals surface area contributed by atoms with E-state index in [-0.39, 0.29) is 45.5 Å². The summed E-state index contributed by atoms with van der Waals surface area (Å²) in [6.45, 7) is 12.4. The minimum Gasteiger partial charge on any atom is -0.680 e. The molecule has 0 saturated carbocycles. The van der Waals surface area contributed by atoms with Crippen LogP contribution in [-0.4, -0.2) is 58.7 Å². The third-order valence-electron chi connectivity index (χ3n) is 8.67. The number of nitrogens with one attached hydrogen (secondary N) is 3. The molecule has 2 aliphatic heterocycles. The normalized spacial score (nSPS) is 12.5. The first-order chi connectivity index (χ1) is 21.0. The maximum atomic E-state index is 11.4. The van der Waals surface area contributed by atoms with Crippen LogP contribution in [0.2, 0.25) is 0 Å². The Morgan fingerprint density at radius 3 is 1.60 bits per heavy atom. The third kappa shape index (κ3) is 7.18. The summed E-state index contributed by atoms with van der Waals surface area (Å²) in [7, 11) is 1.25. The van der Waals surface area contributed by atoms with Crippen LogP contribution in [0.4, 0.5) is 0 Å². The number of hydrogen-bond acceptors (Lipinski definition) is 6. The number of aromatic nitrogens is 4. The van der Waals surface area contributed by atoms with Crippen molar-refractivity contribution in [3.63, 3.8) is 0 Å². The molecule has 0 radical (unpaired) electrons. The topological polar surface area (TPSA) is 161 Å². The predicted molar refractivity (Wildman–Crippen MR) is 179 cm³/mol. The molecule has 2 aliphatic rings. The van der Waals surface area contributed by atoms with Crippen molar-refractivity contribution in [1.82, 2.24) is 19.9 Å². The number of aliphatic carboxylic acids is 2. The van der Waals surface area contributed by atoms with Crippen LogP contribution < -0.4 is 10.2 Å². The van der Waals surface area contributed by atoms with E-state index in [0.717, 1.165) is 91.0 Å². The van der Waals surface area contributed by atoms with Crippen molar-refractivity contribution < 1.29 is 19.8 Å². The van der Waals surface area contributed by atoms with Gasteiger partial charge in [0.2, 0.25) is 0 Å². The fourth-order valence-corrected chi connectivity index (χ4v) is 6.21. The van der Waals surface area contributed by atoms with E-state index in [9.17, 15) is 19.8 Å². The second kappa shape index (κ2) is 14.9. The quantitative estimate of drug-likeness (QED) is 0.312. The summed E-state index contributed by atoms with van der Waals surface area (Å²) in [5.41, 5.74) is 20.7. The number of H-pyrrole nitrogens is 2. The van der Waals surface area contributed by atoms with Crippen LogP contribution in [0, 0.1) is 13.8 Å². The van der Waals surface area contributed by atoms with Crippen LogP contribution in [0.25, 0.3) is 50.1 Å². The summed E-state index contributed by atoms with van der Waals surface area (Å²) in [5.74, 6) is -2.24. The molecule has 3 aromatic rings. The molecule has 0 unspecified atom stereocenters. The van der Waals surface area contributed by atoms with E-state index in [1.54, 1.807) is 0 Å². The fourth-order valence-electron chi connectivity index (χ4n) is 6.21. The summed E-state index contributed by atoms with van der Waals surface area (Å²) in [4.78, 5) is 40.0. The van der Waals surface area contributed by atoms with Crippen LogP contribution in [-0.2, 0) is 22.4 Å². The molecule has 9 nitrogen and oxygen atoms in total. The molecule has 3 N–H and O–H groups in total. The summed E-state index contributed by atoms with van der Waals surface area (Å²) < 4.78 is 0. The molecular formula is C35H40GaN5O4. The standard InChI is InChI=1S/C34H38N4O4.CH4N.Ga/c1-7-21-17(3)25-13-26-19(5)23(9-11-33(39)40)31(37-26)16-32-24(10-12-34(41)42)20(6)28(38-32)15-30-22(8-2)18(4)27(36-30)14-29(21)35-25;1-2;/h13-16,35,38H,7-12H2,1-6H3,(H,39,40)(H,41,42);2H,1H3;/q;-1;+3/p-2. The van der Waals surface area contributed by atoms with Crippen LogP contribution >= 0.6 is 0 Å². The molecule has 10 heteroatoms. The van der Waals surface area contributed by atoms with Crippen LogP contribution in [0.5, 0.6) is 0 Å². The van der Waals surface area contributed by atoms with Gasteiger partial charge in [-0.25, -0.2) is 9.97 Å². The van der Waals surface area contributed by atoms with Gasteiger partial charge in [0.25, 0.3) is 0 Å². The number of carboxylic acids is 2. The van der Waals surface area contributed by atoms with Gasteiger partial charge in [0.05, 0.1) is 22.8 Å². The Hall–Kier alpha value is -3.86. The largest absolute Gasteiger partial charge is 3.00 e. The van der Waals surface area contributed by atoms with Crippen molar-refractivity contribution in [1.29, 1.82) is 0 Å². The van der Waals surface area contributed by atoms with Gasteiger partial charge >= 0.3 is 19.8 Å². The molecule has 0 aromatic carbocycles. The van der Waals surface area contributed by atoms with Gasteiger partial charge in [-0.05, 0) is 135 Å². The van der Waals surface area contributed by atoms with Crippen LogP contribution in [0.15, 0.2) is 24.3 Å². The zero-order chi connectivity index (χ0) is 32.3. The Morgan fingerprint density at radius 1 is 0.644 bits per heavy atom. The molecule has 0 atom stereocenters. The number of aromatic amines is 2. The van der Waals surface area contributed by atoms with E-state index >= 15 is 0 Å². The molecule has 232 valence electrons. The summed E-state index contributed by atoms with van der Waals surface area (Å²) in [5, 5.41) is 22.8. The van der Waals surface area contributed by atoms with Gasteiger partial charge in [-0.3, -0.25) is 0 Å². The predicted octanol–water partition coefficient (Wildman–Crippen LogP) is 5.27. The van der Waals surface area contributed by atoms with Crippen molar-refractivity contribution in [2.24, 2.45) is 0 Å². The van der Waals surface area contributed by atoms with E-state index in [2.05, 4.69) is 43.7 Å². The molecule has 45 heavy (non-hydrogen) atoms. The van der Waals surface area contributed by atoms with E-state index in [0.29, 0.717) is 5.69 Å². The first-order valence-electron chi connectivity index (χ1n) is 15.1. The van der Waals surface area contributed by atoms with Crippen molar-refractivity contribution >= 4 is 76.1 Å². The Labute approximate surface area is 277 Å². The van der Waals surface area contributed by atoms with Gasteiger partial charge in [-0.15, -0.1) is 0 Å². The second-order valence-corrected chi connectivity index (χ2v) is 11.1. The molecular weight excluding hydrogens is 624 g/mol. The van der Waals surface area contributed by atoms with E-state index in [1.807, 2.05) is 32.0 Å². The number of nitrogens with zero attached hydrogens (tertiary/aromatic N) is 2. The molecule has 5 heterocycles. The van der Waals surface area contributed by atoms with Crippen LogP contribution in [0.1, 0.15) is 98.4 Å². The zero-order valence-corrected chi connectivity index (χ0v) is 29.6. The Balaban J connectivity index is 0.00000180. The molecule has 3 aromatic heterocycles. The third-order valence-corrected chi connectivity index (χ3v) is 8.67. The number of hydrogen-bond donors (Lipinski definition) is 2. The number of aryl methyl sites for hydroxylation is 4. The Bertz CT molecular complexity index is 1860. The molecule has 0 amide bonds.